The maximum absolute atomic E-state index is 13.5. The predicted octanol–water partition coefficient (Wildman–Crippen LogP) is 2.74. The van der Waals surface area contributed by atoms with Gasteiger partial charge < -0.3 is 15.7 Å². The molecule has 1 aromatic carbocycles. The summed E-state index contributed by atoms with van der Waals surface area (Å²) in [7, 11) is 0. The van der Waals surface area contributed by atoms with Crippen molar-refractivity contribution in [1.29, 1.82) is 0 Å². The summed E-state index contributed by atoms with van der Waals surface area (Å²) in [5, 5.41) is 13.3. The SMILES string of the molecule is O=C(O)CNc1nc(NCc2ccccc2F)cc(C(F)(F)F)n1. The highest BCUT2D eigenvalue weighted by Gasteiger charge is 2.33. The second-order valence-corrected chi connectivity index (χ2v) is 4.65. The zero-order chi connectivity index (χ0) is 17.7. The zero-order valence-electron chi connectivity index (χ0n) is 12.1. The molecule has 0 unspecified atom stereocenters. The Morgan fingerprint density at radius 2 is 1.88 bits per heavy atom. The first-order valence-corrected chi connectivity index (χ1v) is 6.65. The lowest BCUT2D eigenvalue weighted by atomic mass is 10.2. The van der Waals surface area contributed by atoms with Crippen LogP contribution in [0, 0.1) is 5.82 Å². The van der Waals surface area contributed by atoms with Crippen molar-refractivity contribution >= 4 is 17.7 Å². The van der Waals surface area contributed by atoms with Crippen LogP contribution in [0.15, 0.2) is 30.3 Å². The Balaban J connectivity index is 2.22. The summed E-state index contributed by atoms with van der Waals surface area (Å²) in [5.74, 6) is -2.51. The molecule has 24 heavy (non-hydrogen) atoms. The molecule has 6 nitrogen and oxygen atoms in total. The van der Waals surface area contributed by atoms with E-state index < -0.39 is 36.1 Å². The van der Waals surface area contributed by atoms with Gasteiger partial charge in [0, 0.05) is 18.2 Å². The van der Waals surface area contributed by atoms with Crippen LogP contribution in [-0.4, -0.2) is 27.6 Å². The number of carboxylic acids is 1. The van der Waals surface area contributed by atoms with E-state index in [4.69, 9.17) is 5.11 Å². The molecular formula is C14H12F4N4O2. The molecule has 0 saturated carbocycles. The molecule has 0 amide bonds. The van der Waals surface area contributed by atoms with Gasteiger partial charge in [-0.3, -0.25) is 4.79 Å². The van der Waals surface area contributed by atoms with Gasteiger partial charge in [0.05, 0.1) is 0 Å². The summed E-state index contributed by atoms with van der Waals surface area (Å²) in [6, 6.07) is 6.42. The third-order valence-corrected chi connectivity index (χ3v) is 2.83. The minimum Gasteiger partial charge on any atom is -0.480 e. The Hall–Kier alpha value is -2.91. The lowest BCUT2D eigenvalue weighted by Gasteiger charge is -2.12. The van der Waals surface area contributed by atoms with E-state index in [1.807, 2.05) is 0 Å². The highest BCUT2D eigenvalue weighted by Crippen LogP contribution is 2.29. The van der Waals surface area contributed by atoms with Crippen LogP contribution in [0.2, 0.25) is 0 Å². The number of benzene rings is 1. The highest BCUT2D eigenvalue weighted by molar-refractivity contribution is 5.71. The Bertz CT molecular complexity index is 737. The average Bonchev–Trinajstić information content (AvgIpc) is 2.51. The topological polar surface area (TPSA) is 87.1 Å². The first-order chi connectivity index (χ1) is 11.3. The molecule has 1 aromatic heterocycles. The van der Waals surface area contributed by atoms with Gasteiger partial charge in [0.1, 0.15) is 18.2 Å². The first kappa shape index (κ1) is 17.4. The Kier molecular flexibility index (Phi) is 5.17. The smallest absolute Gasteiger partial charge is 0.433 e. The number of halogens is 4. The molecule has 0 saturated heterocycles. The minimum atomic E-state index is -4.74. The summed E-state index contributed by atoms with van der Waals surface area (Å²) in [6.45, 7) is -0.743. The molecule has 0 bridgehead atoms. The van der Waals surface area contributed by atoms with Gasteiger partial charge in [0.2, 0.25) is 5.95 Å². The fourth-order valence-corrected chi connectivity index (χ4v) is 1.74. The van der Waals surface area contributed by atoms with Crippen molar-refractivity contribution in [3.8, 4) is 0 Å². The number of anilines is 2. The van der Waals surface area contributed by atoms with Crippen molar-refractivity contribution in [2.75, 3.05) is 17.2 Å². The Morgan fingerprint density at radius 3 is 2.50 bits per heavy atom. The van der Waals surface area contributed by atoms with E-state index in [9.17, 15) is 22.4 Å². The monoisotopic (exact) mass is 344 g/mol. The molecule has 0 aliphatic carbocycles. The normalized spacial score (nSPS) is 11.2. The van der Waals surface area contributed by atoms with Crippen molar-refractivity contribution in [3.63, 3.8) is 0 Å². The summed E-state index contributed by atoms with van der Waals surface area (Å²) in [6.07, 6.45) is -4.74. The van der Waals surface area contributed by atoms with Crippen LogP contribution in [0.25, 0.3) is 0 Å². The second-order valence-electron chi connectivity index (χ2n) is 4.65. The number of hydrogen-bond acceptors (Lipinski definition) is 5. The lowest BCUT2D eigenvalue weighted by Crippen LogP contribution is -2.18. The third kappa shape index (κ3) is 4.80. The summed E-state index contributed by atoms with van der Waals surface area (Å²) < 4.78 is 52.1. The number of carbonyl (C=O) groups is 1. The van der Waals surface area contributed by atoms with E-state index in [0.29, 0.717) is 6.07 Å². The lowest BCUT2D eigenvalue weighted by molar-refractivity contribution is -0.141. The molecule has 0 aliphatic rings. The number of aliphatic carboxylic acids is 1. The maximum atomic E-state index is 13.5. The van der Waals surface area contributed by atoms with Crippen molar-refractivity contribution in [2.24, 2.45) is 0 Å². The number of alkyl halides is 3. The van der Waals surface area contributed by atoms with Crippen molar-refractivity contribution in [1.82, 2.24) is 9.97 Å². The number of carboxylic acid groups (broad SMARTS) is 1. The molecule has 0 atom stereocenters. The largest absolute Gasteiger partial charge is 0.480 e. The van der Waals surface area contributed by atoms with E-state index >= 15 is 0 Å². The zero-order valence-corrected chi connectivity index (χ0v) is 12.1. The number of nitrogens with one attached hydrogen (secondary N) is 2. The molecule has 2 aromatic rings. The number of aromatic nitrogens is 2. The molecular weight excluding hydrogens is 332 g/mol. The van der Waals surface area contributed by atoms with Gasteiger partial charge in [0.15, 0.2) is 5.69 Å². The number of rotatable bonds is 6. The van der Waals surface area contributed by atoms with Gasteiger partial charge in [-0.1, -0.05) is 18.2 Å². The van der Waals surface area contributed by atoms with E-state index in [2.05, 4.69) is 20.6 Å². The highest BCUT2D eigenvalue weighted by atomic mass is 19.4. The molecule has 128 valence electrons. The van der Waals surface area contributed by atoms with Gasteiger partial charge >= 0.3 is 12.1 Å². The second kappa shape index (κ2) is 7.11. The molecule has 0 aliphatic heterocycles. The quantitative estimate of drug-likeness (QED) is 0.699. The minimum absolute atomic E-state index is 0.0979. The van der Waals surface area contributed by atoms with Gasteiger partial charge in [-0.15, -0.1) is 0 Å². The molecule has 1 heterocycles. The summed E-state index contributed by atoms with van der Waals surface area (Å²) in [5.41, 5.74) is -1.01. The molecule has 0 radical (unpaired) electrons. The third-order valence-electron chi connectivity index (χ3n) is 2.83. The van der Waals surface area contributed by atoms with Gasteiger partial charge in [0.25, 0.3) is 0 Å². The van der Waals surface area contributed by atoms with Crippen LogP contribution in [0.1, 0.15) is 11.3 Å². The first-order valence-electron chi connectivity index (χ1n) is 6.65. The van der Waals surface area contributed by atoms with Crippen LogP contribution in [-0.2, 0) is 17.5 Å². The van der Waals surface area contributed by atoms with Crippen molar-refractivity contribution in [2.45, 2.75) is 12.7 Å². The molecule has 10 heteroatoms. The van der Waals surface area contributed by atoms with Crippen LogP contribution in [0.4, 0.5) is 29.3 Å². The fraction of sp³-hybridized carbons (Fsp3) is 0.214. The van der Waals surface area contributed by atoms with Crippen molar-refractivity contribution in [3.05, 3.63) is 47.4 Å². The van der Waals surface area contributed by atoms with Gasteiger partial charge in [-0.2, -0.15) is 18.2 Å². The molecule has 0 fully saturated rings. The van der Waals surface area contributed by atoms with Crippen LogP contribution in [0.3, 0.4) is 0 Å². The van der Waals surface area contributed by atoms with Crippen molar-refractivity contribution < 1.29 is 27.5 Å². The molecule has 2 rings (SSSR count). The molecule has 0 spiro atoms. The average molecular weight is 344 g/mol. The van der Waals surface area contributed by atoms with Gasteiger partial charge in [-0.05, 0) is 6.07 Å². The van der Waals surface area contributed by atoms with E-state index in [1.54, 1.807) is 6.07 Å². The fourth-order valence-electron chi connectivity index (χ4n) is 1.74. The summed E-state index contributed by atoms with van der Waals surface area (Å²) in [4.78, 5) is 17.5. The molecule has 3 N–H and O–H groups in total. The summed E-state index contributed by atoms with van der Waals surface area (Å²) >= 11 is 0. The van der Waals surface area contributed by atoms with E-state index in [0.717, 1.165) is 0 Å². The van der Waals surface area contributed by atoms with Crippen LogP contribution >= 0.6 is 0 Å². The van der Waals surface area contributed by atoms with Crippen LogP contribution < -0.4 is 10.6 Å². The predicted molar refractivity (Wildman–Crippen MR) is 76.9 cm³/mol. The number of nitrogens with zero attached hydrogens (tertiary/aromatic N) is 2. The Morgan fingerprint density at radius 1 is 1.17 bits per heavy atom. The Labute approximate surface area is 133 Å². The van der Waals surface area contributed by atoms with Crippen LogP contribution in [0.5, 0.6) is 0 Å². The number of hydrogen-bond donors (Lipinski definition) is 3. The van der Waals surface area contributed by atoms with Gasteiger partial charge in [-0.25, -0.2) is 9.37 Å². The van der Waals surface area contributed by atoms with E-state index in [-0.39, 0.29) is 17.9 Å². The standard InChI is InChI=1S/C14H12F4N4O2/c15-9-4-2-1-3-8(9)6-19-11-5-10(14(16,17)18)21-13(22-11)20-7-12(23)24/h1-5H,6-7H2,(H,23,24)(H2,19,20,21,22). The maximum Gasteiger partial charge on any atom is 0.433 e. The van der Waals surface area contributed by atoms with E-state index in [1.165, 1.54) is 18.2 Å².